The van der Waals surface area contributed by atoms with Crippen LogP contribution in [0.25, 0.3) is 0 Å². The van der Waals surface area contributed by atoms with Gasteiger partial charge in [0.2, 0.25) is 5.91 Å². The number of benzene rings is 2. The van der Waals surface area contributed by atoms with Crippen molar-refractivity contribution in [3.8, 4) is 0 Å². The molecule has 2 aromatic rings. The molecule has 0 aromatic heterocycles. The standard InChI is InChI=1S/C32H41F3N4O3/c1-31(2,3)42-30(41)38-16-13-25(21-38)39(20-24-7-4-5-9-27(24)32(33,34)35)29(40)17-36-28-10-6-8-23-19-37(15-14-26(23)28)18-22-11-12-22/h4-10,22,25,36H,11-21H2,1-3H3. The number of anilines is 1. The highest BCUT2D eigenvalue weighted by atomic mass is 19.4. The Hall–Kier alpha value is -3.27. The molecule has 2 aliphatic heterocycles. The normalized spacial score (nSPS) is 19.4. The molecule has 3 aliphatic rings. The summed E-state index contributed by atoms with van der Waals surface area (Å²) < 4.78 is 47.0. The van der Waals surface area contributed by atoms with Crippen LogP contribution in [0.15, 0.2) is 42.5 Å². The van der Waals surface area contributed by atoms with Crippen LogP contribution in [-0.4, -0.2) is 71.1 Å². The van der Waals surface area contributed by atoms with Crippen LogP contribution in [0, 0.1) is 5.92 Å². The van der Waals surface area contributed by atoms with E-state index >= 15 is 0 Å². The van der Waals surface area contributed by atoms with Crippen molar-refractivity contribution in [2.75, 3.05) is 38.0 Å². The highest BCUT2D eigenvalue weighted by Gasteiger charge is 2.38. The van der Waals surface area contributed by atoms with Crippen LogP contribution in [0.3, 0.4) is 0 Å². The molecule has 1 atom stereocenters. The third-order valence-electron chi connectivity index (χ3n) is 8.23. The van der Waals surface area contributed by atoms with Crippen molar-refractivity contribution in [3.63, 3.8) is 0 Å². The Morgan fingerprint density at radius 3 is 2.50 bits per heavy atom. The van der Waals surface area contributed by atoms with E-state index in [0.29, 0.717) is 13.0 Å². The Kier molecular flexibility index (Phi) is 8.73. The van der Waals surface area contributed by atoms with E-state index in [9.17, 15) is 22.8 Å². The van der Waals surface area contributed by atoms with Crippen molar-refractivity contribution >= 4 is 17.7 Å². The predicted octanol–water partition coefficient (Wildman–Crippen LogP) is 5.92. The molecule has 1 saturated heterocycles. The van der Waals surface area contributed by atoms with Crippen LogP contribution in [0.5, 0.6) is 0 Å². The summed E-state index contributed by atoms with van der Waals surface area (Å²) in [6.07, 6.45) is -1.07. The van der Waals surface area contributed by atoms with Gasteiger partial charge in [0.05, 0.1) is 18.2 Å². The summed E-state index contributed by atoms with van der Waals surface area (Å²) in [6, 6.07) is 11.0. The highest BCUT2D eigenvalue weighted by molar-refractivity contribution is 5.82. The average Bonchev–Trinajstić information content (AvgIpc) is 3.60. The fraction of sp³-hybridized carbons (Fsp3) is 0.562. The van der Waals surface area contributed by atoms with Gasteiger partial charge in [0.15, 0.2) is 0 Å². The average molecular weight is 587 g/mol. The number of rotatable bonds is 8. The predicted molar refractivity (Wildman–Crippen MR) is 155 cm³/mol. The Bertz CT molecular complexity index is 1290. The summed E-state index contributed by atoms with van der Waals surface area (Å²) in [7, 11) is 0. The number of hydrogen-bond acceptors (Lipinski definition) is 5. The Morgan fingerprint density at radius 2 is 1.79 bits per heavy atom. The summed E-state index contributed by atoms with van der Waals surface area (Å²) in [4.78, 5) is 32.0. The van der Waals surface area contributed by atoms with E-state index in [1.165, 1.54) is 45.9 Å². The van der Waals surface area contributed by atoms with Gasteiger partial charge >= 0.3 is 12.3 Å². The number of likely N-dealkylation sites (tertiary alicyclic amines) is 1. The Labute approximate surface area is 246 Å². The fourth-order valence-electron chi connectivity index (χ4n) is 5.95. The second kappa shape index (κ2) is 12.1. The first-order chi connectivity index (χ1) is 19.9. The Morgan fingerprint density at radius 1 is 1.02 bits per heavy atom. The third-order valence-corrected chi connectivity index (χ3v) is 8.23. The first-order valence-corrected chi connectivity index (χ1v) is 14.9. The zero-order chi connectivity index (χ0) is 30.1. The molecule has 5 rings (SSSR count). The minimum Gasteiger partial charge on any atom is -0.444 e. The largest absolute Gasteiger partial charge is 0.444 e. The molecule has 10 heteroatoms. The van der Waals surface area contributed by atoms with Crippen LogP contribution in [0.1, 0.15) is 62.3 Å². The van der Waals surface area contributed by atoms with Crippen molar-refractivity contribution in [1.29, 1.82) is 0 Å². The summed E-state index contributed by atoms with van der Waals surface area (Å²) in [5.41, 5.74) is 1.93. The number of nitrogens with zero attached hydrogens (tertiary/aromatic N) is 3. The summed E-state index contributed by atoms with van der Waals surface area (Å²) in [5, 5.41) is 3.30. The molecule has 0 radical (unpaired) electrons. The van der Waals surface area contributed by atoms with Crippen molar-refractivity contribution < 1.29 is 27.5 Å². The fourth-order valence-corrected chi connectivity index (χ4v) is 5.95. The van der Waals surface area contributed by atoms with E-state index in [1.54, 1.807) is 26.8 Å². The second-order valence-corrected chi connectivity index (χ2v) is 12.8. The Balaban J connectivity index is 1.32. The number of halogens is 3. The first-order valence-electron chi connectivity index (χ1n) is 14.9. The summed E-state index contributed by atoms with van der Waals surface area (Å²) in [6.45, 7) is 8.63. The van der Waals surface area contributed by atoms with Gasteiger partial charge in [0, 0.05) is 45.0 Å². The molecule has 0 spiro atoms. The molecule has 1 saturated carbocycles. The lowest BCUT2D eigenvalue weighted by Crippen LogP contribution is -2.45. The molecule has 2 aromatic carbocycles. The van der Waals surface area contributed by atoms with Crippen LogP contribution in [0.4, 0.5) is 23.7 Å². The van der Waals surface area contributed by atoms with Gasteiger partial charge < -0.3 is 19.9 Å². The number of alkyl halides is 3. The zero-order valence-corrected chi connectivity index (χ0v) is 24.7. The quantitative estimate of drug-likeness (QED) is 0.416. The monoisotopic (exact) mass is 586 g/mol. The van der Waals surface area contributed by atoms with E-state index in [4.69, 9.17) is 4.74 Å². The molecule has 2 amide bonds. The molecular formula is C32H41F3N4O3. The lowest BCUT2D eigenvalue weighted by atomic mass is 9.97. The van der Waals surface area contributed by atoms with Gasteiger partial charge in [-0.25, -0.2) is 4.79 Å². The zero-order valence-electron chi connectivity index (χ0n) is 24.7. The van der Waals surface area contributed by atoms with Gasteiger partial charge in [-0.1, -0.05) is 30.3 Å². The SMILES string of the molecule is CC(C)(C)OC(=O)N1CCC(N(Cc2ccccc2C(F)(F)F)C(=O)CNc2cccc3c2CCN(CC2CC2)C3)C1. The minimum atomic E-state index is -4.54. The van der Waals surface area contributed by atoms with Gasteiger partial charge in [-0.15, -0.1) is 0 Å². The van der Waals surface area contributed by atoms with Gasteiger partial charge in [-0.2, -0.15) is 13.2 Å². The van der Waals surface area contributed by atoms with E-state index in [1.807, 2.05) is 12.1 Å². The van der Waals surface area contributed by atoms with Gasteiger partial charge in [-0.3, -0.25) is 9.69 Å². The maximum atomic E-state index is 13.8. The lowest BCUT2D eigenvalue weighted by molar-refractivity contribution is -0.140. The molecular weight excluding hydrogens is 545 g/mol. The number of amides is 2. The molecule has 0 bridgehead atoms. The molecule has 2 heterocycles. The minimum absolute atomic E-state index is 0.0295. The number of ether oxygens (including phenoxy) is 1. The van der Waals surface area contributed by atoms with Crippen LogP contribution >= 0.6 is 0 Å². The van der Waals surface area contributed by atoms with Crippen LogP contribution in [0.2, 0.25) is 0 Å². The molecule has 1 aliphatic carbocycles. The van der Waals surface area contributed by atoms with Crippen LogP contribution < -0.4 is 5.32 Å². The summed E-state index contributed by atoms with van der Waals surface area (Å²) in [5.74, 6) is 0.507. The number of fused-ring (bicyclic) bond motifs is 1. The smallest absolute Gasteiger partial charge is 0.416 e. The molecule has 7 nitrogen and oxygen atoms in total. The second-order valence-electron chi connectivity index (χ2n) is 12.8. The van der Waals surface area contributed by atoms with Gasteiger partial charge in [0.1, 0.15) is 5.60 Å². The van der Waals surface area contributed by atoms with Crippen molar-refractivity contribution in [3.05, 3.63) is 64.7 Å². The van der Waals surface area contributed by atoms with Crippen molar-refractivity contribution in [1.82, 2.24) is 14.7 Å². The van der Waals surface area contributed by atoms with E-state index in [2.05, 4.69) is 16.3 Å². The number of carbonyl (C=O) groups excluding carboxylic acids is 2. The molecule has 228 valence electrons. The third kappa shape index (κ3) is 7.56. The lowest BCUT2D eigenvalue weighted by Gasteiger charge is -2.32. The van der Waals surface area contributed by atoms with Gasteiger partial charge in [-0.05, 0) is 81.2 Å². The maximum absolute atomic E-state index is 13.8. The van der Waals surface area contributed by atoms with Crippen molar-refractivity contribution in [2.24, 2.45) is 5.92 Å². The molecule has 2 fully saturated rings. The first kappa shape index (κ1) is 30.2. The highest BCUT2D eigenvalue weighted by Crippen LogP contribution is 2.34. The number of hydrogen-bond donors (Lipinski definition) is 1. The number of carbonyl (C=O) groups is 2. The maximum Gasteiger partial charge on any atom is 0.416 e. The van der Waals surface area contributed by atoms with Crippen LogP contribution in [-0.2, 0) is 35.2 Å². The number of nitrogens with one attached hydrogen (secondary N) is 1. The summed E-state index contributed by atoms with van der Waals surface area (Å²) >= 11 is 0. The van der Waals surface area contributed by atoms with E-state index in [-0.39, 0.29) is 31.1 Å². The molecule has 42 heavy (non-hydrogen) atoms. The topological polar surface area (TPSA) is 65.1 Å². The van der Waals surface area contributed by atoms with Crippen molar-refractivity contribution in [2.45, 2.75) is 77.4 Å². The molecule has 1 N–H and O–H groups in total. The van der Waals surface area contributed by atoms with E-state index < -0.39 is 29.5 Å². The molecule has 1 unspecified atom stereocenters. The van der Waals surface area contributed by atoms with Gasteiger partial charge in [0.25, 0.3) is 0 Å². The van der Waals surface area contributed by atoms with E-state index in [0.717, 1.165) is 43.7 Å².